The summed E-state index contributed by atoms with van der Waals surface area (Å²) in [7, 11) is -4.63. The predicted molar refractivity (Wildman–Crippen MR) is 190 cm³/mol. The Morgan fingerprint density at radius 2 is 1.33 bits per heavy atom. The van der Waals surface area contributed by atoms with Crippen LogP contribution in [0.15, 0.2) is 94.6 Å². The molecule has 2 saturated heterocycles. The van der Waals surface area contributed by atoms with Gasteiger partial charge in [-0.25, -0.2) is 17.1 Å². The van der Waals surface area contributed by atoms with Crippen molar-refractivity contribution in [1.82, 2.24) is 19.3 Å². The van der Waals surface area contributed by atoms with Crippen molar-refractivity contribution >= 4 is 50.9 Å². The van der Waals surface area contributed by atoms with Crippen molar-refractivity contribution in [1.29, 1.82) is 0 Å². The summed E-state index contributed by atoms with van der Waals surface area (Å²) in [5, 5.41) is 0.842. The largest absolute Gasteiger partial charge is 0.378 e. The number of halogens is 3. The summed E-state index contributed by atoms with van der Waals surface area (Å²) in [4.78, 5) is 46.2. The van der Waals surface area contributed by atoms with E-state index in [1.165, 1.54) is 34.9 Å². The Labute approximate surface area is 304 Å². The van der Waals surface area contributed by atoms with Gasteiger partial charge in [0.1, 0.15) is 22.1 Å². The number of fused-ring (bicyclic) bond motifs is 1. The van der Waals surface area contributed by atoms with Crippen LogP contribution in [0.1, 0.15) is 33.6 Å². The molecule has 3 aliphatic rings. The van der Waals surface area contributed by atoms with Gasteiger partial charge in [-0.3, -0.25) is 23.9 Å². The predicted octanol–water partition coefficient (Wildman–Crippen LogP) is 4.45. The molecule has 266 valence electrons. The van der Waals surface area contributed by atoms with Gasteiger partial charge in [-0.1, -0.05) is 59.6 Å². The number of carbonyl (C=O) groups excluding carboxylic acids is 2. The number of amides is 2. The second-order valence-corrected chi connectivity index (χ2v) is 15.2. The van der Waals surface area contributed by atoms with Gasteiger partial charge < -0.3 is 14.5 Å². The molecular formula is C36H34Cl2FN5O6S. The molecule has 0 bridgehead atoms. The number of rotatable bonds is 7. The number of morpholine rings is 1. The van der Waals surface area contributed by atoms with Crippen LogP contribution in [0.3, 0.4) is 0 Å². The molecule has 4 aromatic rings. The summed E-state index contributed by atoms with van der Waals surface area (Å²) < 4.78 is 51.9. The maximum Gasteiger partial charge on any atom is 0.269 e. The van der Waals surface area contributed by atoms with Crippen LogP contribution in [0.5, 0.6) is 0 Å². The lowest BCUT2D eigenvalue weighted by atomic mass is 9.94. The van der Waals surface area contributed by atoms with Crippen LogP contribution in [-0.2, 0) is 19.6 Å². The molecule has 0 aliphatic carbocycles. The van der Waals surface area contributed by atoms with E-state index < -0.39 is 44.3 Å². The zero-order valence-electron chi connectivity index (χ0n) is 27.3. The lowest BCUT2D eigenvalue weighted by molar-refractivity contribution is -0.136. The molecule has 0 unspecified atom stereocenters. The molecule has 2 atom stereocenters. The first kappa shape index (κ1) is 35.1. The van der Waals surface area contributed by atoms with E-state index in [2.05, 4.69) is 0 Å². The summed E-state index contributed by atoms with van der Waals surface area (Å²) in [6.45, 7) is 3.81. The summed E-state index contributed by atoms with van der Waals surface area (Å²) in [5.74, 6) is -1.49. The molecule has 1 aromatic heterocycles. The number of carbonyl (C=O) groups is 2. The van der Waals surface area contributed by atoms with Gasteiger partial charge in [-0.05, 0) is 59.7 Å². The molecule has 15 heteroatoms. The van der Waals surface area contributed by atoms with Crippen molar-refractivity contribution in [2.45, 2.75) is 17.0 Å². The average molecular weight is 755 g/mol. The number of hydrogen-bond donors (Lipinski definition) is 0. The zero-order valence-corrected chi connectivity index (χ0v) is 29.7. The van der Waals surface area contributed by atoms with Crippen LogP contribution >= 0.6 is 23.2 Å². The fraction of sp³-hybridized carbons (Fsp3) is 0.306. The van der Waals surface area contributed by atoms with Crippen molar-refractivity contribution in [3.63, 3.8) is 0 Å². The highest BCUT2D eigenvalue weighted by atomic mass is 35.5. The third-order valence-corrected chi connectivity index (χ3v) is 11.9. The Balaban J connectivity index is 1.27. The second kappa shape index (κ2) is 14.4. The van der Waals surface area contributed by atoms with E-state index >= 15 is 4.39 Å². The molecule has 0 N–H and O–H groups in total. The Hall–Kier alpha value is -4.27. The number of anilines is 1. The van der Waals surface area contributed by atoms with E-state index in [0.29, 0.717) is 60.6 Å². The fourth-order valence-electron chi connectivity index (χ4n) is 6.95. The highest BCUT2D eigenvalue weighted by Gasteiger charge is 2.48. The minimum Gasteiger partial charge on any atom is -0.378 e. The van der Waals surface area contributed by atoms with E-state index in [0.717, 1.165) is 10.4 Å². The molecule has 2 amide bonds. The minimum atomic E-state index is -4.63. The number of aromatic nitrogens is 1. The van der Waals surface area contributed by atoms with Crippen LogP contribution in [0, 0.1) is 5.82 Å². The van der Waals surface area contributed by atoms with E-state index in [4.69, 9.17) is 27.9 Å². The molecule has 11 nitrogen and oxygen atoms in total. The number of benzene rings is 3. The number of nitrogens with zero attached hydrogens (tertiary/aromatic N) is 5. The van der Waals surface area contributed by atoms with E-state index in [9.17, 15) is 22.8 Å². The average Bonchev–Trinajstić information content (AvgIpc) is 3.50. The normalized spacial score (nSPS) is 19.6. The SMILES string of the molecule is O=C(CN1CCN(C(=O)c2ccc3n(c2=O)[C@@H](c2ccc(Cl)cc2)[C@@H](c2ccc(Cl)cc2)N3S(=O)(=O)c2ccccc2F)CC1)N1CCOCC1. The number of ether oxygens (including phenoxy) is 1. The highest BCUT2D eigenvalue weighted by Crippen LogP contribution is 2.49. The summed E-state index contributed by atoms with van der Waals surface area (Å²) in [5.41, 5.74) is 0.179. The molecule has 4 heterocycles. The van der Waals surface area contributed by atoms with Gasteiger partial charge in [0.2, 0.25) is 5.91 Å². The van der Waals surface area contributed by atoms with Gasteiger partial charge in [0.25, 0.3) is 21.5 Å². The van der Waals surface area contributed by atoms with Gasteiger partial charge in [0, 0.05) is 49.3 Å². The van der Waals surface area contributed by atoms with Gasteiger partial charge in [0.15, 0.2) is 0 Å². The van der Waals surface area contributed by atoms with E-state index in [1.807, 2.05) is 4.90 Å². The van der Waals surface area contributed by atoms with Gasteiger partial charge in [-0.15, -0.1) is 0 Å². The minimum absolute atomic E-state index is 0.00770. The lowest BCUT2D eigenvalue weighted by Gasteiger charge is -2.36. The first-order valence-corrected chi connectivity index (χ1v) is 18.7. The molecule has 3 aromatic carbocycles. The van der Waals surface area contributed by atoms with Crippen LogP contribution in [0.2, 0.25) is 10.0 Å². The number of sulfonamides is 1. The van der Waals surface area contributed by atoms with E-state index in [1.54, 1.807) is 58.3 Å². The highest BCUT2D eigenvalue weighted by molar-refractivity contribution is 7.92. The van der Waals surface area contributed by atoms with Gasteiger partial charge in [0.05, 0.1) is 31.8 Å². The second-order valence-electron chi connectivity index (χ2n) is 12.6. The van der Waals surface area contributed by atoms with E-state index in [-0.39, 0.29) is 36.9 Å². The maximum atomic E-state index is 15.2. The molecule has 0 spiro atoms. The lowest BCUT2D eigenvalue weighted by Crippen LogP contribution is -2.53. The van der Waals surface area contributed by atoms with Crippen LogP contribution in [0.4, 0.5) is 10.2 Å². The van der Waals surface area contributed by atoms with Gasteiger partial charge >= 0.3 is 0 Å². The molecule has 0 saturated carbocycles. The Morgan fingerprint density at radius 1 is 0.745 bits per heavy atom. The smallest absolute Gasteiger partial charge is 0.269 e. The molecule has 7 rings (SSSR count). The third-order valence-electron chi connectivity index (χ3n) is 9.56. The molecule has 3 aliphatic heterocycles. The summed E-state index contributed by atoms with van der Waals surface area (Å²) in [6.07, 6.45) is 0. The first-order valence-electron chi connectivity index (χ1n) is 16.5. The first-order chi connectivity index (χ1) is 24.5. The van der Waals surface area contributed by atoms with Crippen LogP contribution < -0.4 is 9.86 Å². The number of pyridine rings is 1. The Bertz CT molecular complexity index is 2120. The zero-order chi connectivity index (χ0) is 35.9. The molecular weight excluding hydrogens is 720 g/mol. The topological polar surface area (TPSA) is 112 Å². The number of piperazine rings is 1. The maximum absolute atomic E-state index is 15.2. The quantitative estimate of drug-likeness (QED) is 0.274. The fourth-order valence-corrected chi connectivity index (χ4v) is 8.91. The van der Waals surface area contributed by atoms with Gasteiger partial charge in [-0.2, -0.15) is 0 Å². The van der Waals surface area contributed by atoms with Crippen molar-refractivity contribution in [2.75, 3.05) is 63.3 Å². The van der Waals surface area contributed by atoms with Crippen molar-refractivity contribution in [3.05, 3.63) is 128 Å². The van der Waals surface area contributed by atoms with Crippen molar-refractivity contribution in [3.8, 4) is 0 Å². The molecule has 51 heavy (non-hydrogen) atoms. The van der Waals surface area contributed by atoms with Crippen molar-refractivity contribution < 1.29 is 27.1 Å². The third kappa shape index (κ3) is 6.76. The monoisotopic (exact) mass is 753 g/mol. The van der Waals surface area contributed by atoms with Crippen LogP contribution in [0.25, 0.3) is 0 Å². The molecule has 0 radical (unpaired) electrons. The van der Waals surface area contributed by atoms with Crippen LogP contribution in [-0.4, -0.2) is 98.5 Å². The summed E-state index contributed by atoms with van der Waals surface area (Å²) in [6, 6.07) is 18.9. The molecule has 2 fully saturated rings. The number of hydrogen-bond acceptors (Lipinski definition) is 7. The Kier molecular flexibility index (Phi) is 9.92. The standard InChI is InChI=1S/C36H34Cl2FN5O6S/c37-26-9-5-24(6-10-26)33-34(25-7-11-27(38)12-8-25)44(51(48,49)30-4-2-1-3-29(30)39)31-14-13-28(36(47)43(31)33)35(46)42-17-15-40(16-18-42)23-32(45)41-19-21-50-22-20-41/h1-14,33-34H,15-23H2/t33-,34+/m0/s1. The summed E-state index contributed by atoms with van der Waals surface area (Å²) >= 11 is 12.5. The van der Waals surface area contributed by atoms with Crippen molar-refractivity contribution in [2.24, 2.45) is 0 Å². The Morgan fingerprint density at radius 3 is 1.94 bits per heavy atom.